The first-order valence-electron chi connectivity index (χ1n) is 7.00. The molecule has 0 aromatic heterocycles. The van der Waals surface area contributed by atoms with E-state index in [4.69, 9.17) is 5.73 Å². The highest BCUT2D eigenvalue weighted by atomic mass is 19.4. The van der Waals surface area contributed by atoms with E-state index in [0.717, 1.165) is 30.5 Å². The maximum atomic E-state index is 12.5. The third kappa shape index (κ3) is 3.75. The number of nitrogens with zero attached hydrogens (tertiary/aromatic N) is 1. The summed E-state index contributed by atoms with van der Waals surface area (Å²) >= 11 is 0. The Bertz CT molecular complexity index is 489. The molecule has 1 atom stereocenters. The van der Waals surface area contributed by atoms with E-state index in [1.807, 2.05) is 0 Å². The van der Waals surface area contributed by atoms with Gasteiger partial charge in [-0.05, 0) is 43.4 Å². The van der Waals surface area contributed by atoms with Gasteiger partial charge in [-0.1, -0.05) is 12.1 Å². The molecule has 116 valence electrons. The largest absolute Gasteiger partial charge is 0.416 e. The van der Waals surface area contributed by atoms with Crippen LogP contribution in [0.15, 0.2) is 24.3 Å². The van der Waals surface area contributed by atoms with Gasteiger partial charge in [0.05, 0.1) is 11.6 Å². The van der Waals surface area contributed by atoms with E-state index in [1.54, 1.807) is 11.8 Å². The Labute approximate surface area is 121 Å². The van der Waals surface area contributed by atoms with Gasteiger partial charge >= 0.3 is 6.18 Å². The molecule has 0 saturated carbocycles. The molecule has 1 fully saturated rings. The zero-order chi connectivity index (χ0) is 15.6. The third-order valence-electron chi connectivity index (χ3n) is 3.91. The minimum atomic E-state index is -4.30. The first-order valence-corrected chi connectivity index (χ1v) is 7.00. The van der Waals surface area contributed by atoms with Gasteiger partial charge < -0.3 is 10.6 Å². The maximum absolute atomic E-state index is 12.5. The average Bonchev–Trinajstić information content (AvgIpc) is 2.46. The SMILES string of the molecule is C[C@H](N)C(=O)N1CCC(c2ccc(C(F)(F)F)cc2)CC1. The number of hydrogen-bond acceptors (Lipinski definition) is 2. The van der Waals surface area contributed by atoms with Crippen LogP contribution < -0.4 is 5.73 Å². The lowest BCUT2D eigenvalue weighted by Gasteiger charge is -2.33. The fraction of sp³-hybridized carbons (Fsp3) is 0.533. The van der Waals surface area contributed by atoms with Crippen molar-refractivity contribution in [2.75, 3.05) is 13.1 Å². The number of amides is 1. The highest BCUT2D eigenvalue weighted by Crippen LogP contribution is 2.32. The molecular formula is C15H19F3N2O. The molecule has 1 aliphatic rings. The summed E-state index contributed by atoms with van der Waals surface area (Å²) in [6, 6.07) is 4.81. The van der Waals surface area contributed by atoms with E-state index in [-0.39, 0.29) is 11.8 Å². The monoisotopic (exact) mass is 300 g/mol. The number of piperidine rings is 1. The molecule has 1 aliphatic heterocycles. The standard InChI is InChI=1S/C15H19F3N2O/c1-10(19)14(21)20-8-6-12(7-9-20)11-2-4-13(5-3-11)15(16,17)18/h2-5,10,12H,6-9,19H2,1H3/t10-/m0/s1. The van der Waals surface area contributed by atoms with E-state index in [1.165, 1.54) is 12.1 Å². The van der Waals surface area contributed by atoms with Crippen LogP contribution in [0.1, 0.15) is 36.8 Å². The molecule has 21 heavy (non-hydrogen) atoms. The first-order chi connectivity index (χ1) is 9.79. The molecule has 0 unspecified atom stereocenters. The normalized spacial score (nSPS) is 18.6. The number of alkyl halides is 3. The predicted octanol–water partition coefficient (Wildman–Crippen LogP) is 2.76. The summed E-state index contributed by atoms with van der Waals surface area (Å²) in [5, 5.41) is 0. The second-order valence-electron chi connectivity index (χ2n) is 5.51. The van der Waals surface area contributed by atoms with Crippen LogP contribution in [0.25, 0.3) is 0 Å². The Morgan fingerprint density at radius 2 is 1.76 bits per heavy atom. The Morgan fingerprint density at radius 1 is 1.24 bits per heavy atom. The van der Waals surface area contributed by atoms with Crippen molar-refractivity contribution in [3.8, 4) is 0 Å². The van der Waals surface area contributed by atoms with Crippen LogP contribution in [0.2, 0.25) is 0 Å². The lowest BCUT2D eigenvalue weighted by Crippen LogP contribution is -2.45. The lowest BCUT2D eigenvalue weighted by atomic mass is 9.89. The smallest absolute Gasteiger partial charge is 0.341 e. The van der Waals surface area contributed by atoms with Gasteiger partial charge in [0.15, 0.2) is 0 Å². The fourth-order valence-corrected chi connectivity index (χ4v) is 2.67. The van der Waals surface area contributed by atoms with E-state index in [9.17, 15) is 18.0 Å². The van der Waals surface area contributed by atoms with E-state index < -0.39 is 17.8 Å². The Kier molecular flexibility index (Phi) is 4.56. The van der Waals surface area contributed by atoms with Crippen molar-refractivity contribution in [3.05, 3.63) is 35.4 Å². The van der Waals surface area contributed by atoms with Crippen molar-refractivity contribution in [3.63, 3.8) is 0 Å². The molecule has 1 aromatic rings. The molecular weight excluding hydrogens is 281 g/mol. The van der Waals surface area contributed by atoms with Gasteiger partial charge in [-0.15, -0.1) is 0 Å². The van der Waals surface area contributed by atoms with Crippen molar-refractivity contribution >= 4 is 5.91 Å². The van der Waals surface area contributed by atoms with Gasteiger partial charge in [-0.3, -0.25) is 4.79 Å². The summed E-state index contributed by atoms with van der Waals surface area (Å²) in [6.07, 6.45) is -2.79. The lowest BCUT2D eigenvalue weighted by molar-refractivity contribution is -0.137. The minimum Gasteiger partial charge on any atom is -0.341 e. The number of nitrogens with two attached hydrogens (primary N) is 1. The number of benzene rings is 1. The van der Waals surface area contributed by atoms with Gasteiger partial charge in [0, 0.05) is 13.1 Å². The van der Waals surface area contributed by atoms with Gasteiger partial charge in [0.2, 0.25) is 5.91 Å². The van der Waals surface area contributed by atoms with Crippen molar-refractivity contribution in [1.29, 1.82) is 0 Å². The molecule has 1 aromatic carbocycles. The van der Waals surface area contributed by atoms with Crippen LogP contribution in [0.3, 0.4) is 0 Å². The zero-order valence-corrected chi connectivity index (χ0v) is 11.9. The predicted molar refractivity (Wildman–Crippen MR) is 73.6 cm³/mol. The summed E-state index contributed by atoms with van der Waals surface area (Å²) in [6.45, 7) is 2.86. The van der Waals surface area contributed by atoms with E-state index >= 15 is 0 Å². The van der Waals surface area contributed by atoms with Crippen LogP contribution in [0.4, 0.5) is 13.2 Å². The molecule has 6 heteroatoms. The molecule has 0 bridgehead atoms. The van der Waals surface area contributed by atoms with Crippen LogP contribution in [-0.4, -0.2) is 29.9 Å². The number of rotatable bonds is 2. The quantitative estimate of drug-likeness (QED) is 0.913. The third-order valence-corrected chi connectivity index (χ3v) is 3.91. The average molecular weight is 300 g/mol. The van der Waals surface area contributed by atoms with Crippen molar-refractivity contribution in [2.45, 2.75) is 37.9 Å². The molecule has 1 amide bonds. The van der Waals surface area contributed by atoms with Crippen LogP contribution in [0, 0.1) is 0 Å². The molecule has 0 radical (unpaired) electrons. The summed E-state index contributed by atoms with van der Waals surface area (Å²) < 4.78 is 37.6. The summed E-state index contributed by atoms with van der Waals surface area (Å²) in [4.78, 5) is 13.5. The second kappa shape index (κ2) is 6.05. The van der Waals surface area contributed by atoms with Gasteiger partial charge in [0.1, 0.15) is 0 Å². The topological polar surface area (TPSA) is 46.3 Å². The number of hydrogen-bond donors (Lipinski definition) is 1. The van der Waals surface area contributed by atoms with Crippen molar-refractivity contribution in [1.82, 2.24) is 4.90 Å². The van der Waals surface area contributed by atoms with Gasteiger partial charge in [-0.2, -0.15) is 13.2 Å². The van der Waals surface area contributed by atoms with E-state index in [0.29, 0.717) is 13.1 Å². The number of halogens is 3. The molecule has 2 N–H and O–H groups in total. The van der Waals surface area contributed by atoms with Gasteiger partial charge in [0.25, 0.3) is 0 Å². The number of likely N-dealkylation sites (tertiary alicyclic amines) is 1. The zero-order valence-electron chi connectivity index (χ0n) is 11.9. The molecule has 2 rings (SSSR count). The summed E-state index contributed by atoms with van der Waals surface area (Å²) in [5.41, 5.74) is 5.84. The van der Waals surface area contributed by atoms with Crippen LogP contribution in [-0.2, 0) is 11.0 Å². The van der Waals surface area contributed by atoms with Crippen molar-refractivity contribution in [2.24, 2.45) is 5.73 Å². The van der Waals surface area contributed by atoms with Gasteiger partial charge in [-0.25, -0.2) is 0 Å². The molecule has 0 spiro atoms. The summed E-state index contributed by atoms with van der Waals surface area (Å²) in [5.74, 6) is 0.130. The Morgan fingerprint density at radius 3 is 2.19 bits per heavy atom. The fourth-order valence-electron chi connectivity index (χ4n) is 2.67. The minimum absolute atomic E-state index is 0.0686. The first kappa shape index (κ1) is 15.8. The number of carbonyl (C=O) groups is 1. The highest BCUT2D eigenvalue weighted by molar-refractivity contribution is 5.81. The van der Waals surface area contributed by atoms with Crippen LogP contribution in [0.5, 0.6) is 0 Å². The Balaban J connectivity index is 1.98. The molecule has 3 nitrogen and oxygen atoms in total. The van der Waals surface area contributed by atoms with Crippen molar-refractivity contribution < 1.29 is 18.0 Å². The number of carbonyl (C=O) groups excluding carboxylic acids is 1. The molecule has 0 aliphatic carbocycles. The Hall–Kier alpha value is -1.56. The molecule has 1 heterocycles. The maximum Gasteiger partial charge on any atom is 0.416 e. The highest BCUT2D eigenvalue weighted by Gasteiger charge is 2.31. The summed E-state index contributed by atoms with van der Waals surface area (Å²) in [7, 11) is 0. The molecule has 1 saturated heterocycles. The van der Waals surface area contributed by atoms with Crippen LogP contribution >= 0.6 is 0 Å². The second-order valence-corrected chi connectivity index (χ2v) is 5.51. The van der Waals surface area contributed by atoms with E-state index in [2.05, 4.69) is 0 Å².